The Hall–Kier alpha value is -2.66. The quantitative estimate of drug-likeness (QED) is 0.725. The fourth-order valence-electron chi connectivity index (χ4n) is 3.74. The highest BCUT2D eigenvalue weighted by atomic mass is 32.1. The van der Waals surface area contributed by atoms with Crippen molar-refractivity contribution < 1.29 is 4.79 Å². The number of nitrogens with one attached hydrogen (secondary N) is 2. The minimum Gasteiger partial charge on any atom is -0.308 e. The van der Waals surface area contributed by atoms with Crippen molar-refractivity contribution in [3.05, 3.63) is 75.6 Å². The van der Waals surface area contributed by atoms with Gasteiger partial charge in [0.2, 0.25) is 5.91 Å². The van der Waals surface area contributed by atoms with Gasteiger partial charge in [-0.05, 0) is 40.8 Å². The number of thiophene rings is 1. The van der Waals surface area contributed by atoms with E-state index in [1.54, 1.807) is 11.3 Å². The molecule has 2 N–H and O–H groups in total. The van der Waals surface area contributed by atoms with Gasteiger partial charge >= 0.3 is 0 Å². The molecule has 130 valence electrons. The standard InChI is InChI=1S/C21H19N3OS/c25-20(14-6-7-14)22-19-17-8-10-21(12-18(17)23-24-19,16-9-11-26-13-16)15-4-2-1-3-5-15/h1-5,8-11,13-14H,6-7,12H2,(H2,22,23,24,25). The Morgan fingerprint density at radius 1 is 1.19 bits per heavy atom. The van der Waals surface area contributed by atoms with E-state index in [1.807, 2.05) is 6.07 Å². The molecule has 1 saturated carbocycles. The number of benzene rings is 1. The van der Waals surface area contributed by atoms with Crippen molar-refractivity contribution in [2.75, 3.05) is 5.32 Å². The topological polar surface area (TPSA) is 57.8 Å². The zero-order valence-corrected chi connectivity index (χ0v) is 15.1. The van der Waals surface area contributed by atoms with Crippen LogP contribution >= 0.6 is 11.3 Å². The van der Waals surface area contributed by atoms with Gasteiger partial charge in [0.05, 0.1) is 0 Å². The summed E-state index contributed by atoms with van der Waals surface area (Å²) in [6, 6.07) is 12.8. The Morgan fingerprint density at radius 3 is 2.77 bits per heavy atom. The number of fused-ring (bicyclic) bond motifs is 1. The highest BCUT2D eigenvalue weighted by molar-refractivity contribution is 7.08. The van der Waals surface area contributed by atoms with Crippen molar-refractivity contribution in [1.82, 2.24) is 10.2 Å². The molecule has 1 unspecified atom stereocenters. The predicted molar refractivity (Wildman–Crippen MR) is 104 cm³/mol. The highest BCUT2D eigenvalue weighted by Crippen LogP contribution is 2.43. The lowest BCUT2D eigenvalue weighted by atomic mass is 9.69. The van der Waals surface area contributed by atoms with Crippen molar-refractivity contribution in [2.45, 2.75) is 24.7 Å². The molecular weight excluding hydrogens is 342 g/mol. The maximum absolute atomic E-state index is 12.1. The summed E-state index contributed by atoms with van der Waals surface area (Å²) >= 11 is 1.71. The maximum atomic E-state index is 12.1. The Balaban J connectivity index is 1.55. The Bertz CT molecular complexity index is 970. The molecule has 0 aliphatic heterocycles. The summed E-state index contributed by atoms with van der Waals surface area (Å²) in [4.78, 5) is 12.1. The number of aromatic amines is 1. The Labute approximate surface area is 156 Å². The van der Waals surface area contributed by atoms with Crippen LogP contribution in [-0.4, -0.2) is 16.1 Å². The number of H-pyrrole nitrogens is 1. The molecule has 0 spiro atoms. The van der Waals surface area contributed by atoms with Crippen LogP contribution in [0.15, 0.2) is 53.2 Å². The van der Waals surface area contributed by atoms with E-state index in [9.17, 15) is 4.79 Å². The zero-order valence-electron chi connectivity index (χ0n) is 14.2. The third-order valence-corrected chi connectivity index (χ3v) is 6.07. The Morgan fingerprint density at radius 2 is 2.04 bits per heavy atom. The molecule has 5 rings (SSSR count). The van der Waals surface area contributed by atoms with Gasteiger partial charge in [-0.15, -0.1) is 0 Å². The first kappa shape index (κ1) is 15.6. The van der Waals surface area contributed by atoms with Crippen LogP contribution in [0.5, 0.6) is 0 Å². The molecule has 0 radical (unpaired) electrons. The molecule has 3 aromatic rings. The normalized spacial score (nSPS) is 21.4. The number of anilines is 1. The molecule has 2 heterocycles. The van der Waals surface area contributed by atoms with Gasteiger partial charge in [-0.3, -0.25) is 9.89 Å². The van der Waals surface area contributed by atoms with Crippen molar-refractivity contribution >= 4 is 29.1 Å². The molecule has 5 heteroatoms. The van der Waals surface area contributed by atoms with Gasteiger partial charge < -0.3 is 5.32 Å². The summed E-state index contributed by atoms with van der Waals surface area (Å²) in [5, 5.41) is 14.9. The largest absolute Gasteiger partial charge is 0.308 e. The van der Waals surface area contributed by atoms with Gasteiger partial charge in [-0.25, -0.2) is 0 Å². The smallest absolute Gasteiger partial charge is 0.228 e. The number of carbonyl (C=O) groups excluding carboxylic acids is 1. The number of nitrogens with zero attached hydrogens (tertiary/aromatic N) is 1. The molecule has 1 aromatic carbocycles. The van der Waals surface area contributed by atoms with E-state index in [0.29, 0.717) is 5.82 Å². The maximum Gasteiger partial charge on any atom is 0.228 e. The molecular formula is C21H19N3OS. The van der Waals surface area contributed by atoms with Crippen LogP contribution in [-0.2, 0) is 16.6 Å². The minimum atomic E-state index is -0.210. The van der Waals surface area contributed by atoms with Gasteiger partial charge in [0.1, 0.15) is 0 Å². The summed E-state index contributed by atoms with van der Waals surface area (Å²) in [6.07, 6.45) is 7.14. The van der Waals surface area contributed by atoms with Gasteiger partial charge in [0.15, 0.2) is 5.82 Å². The number of aromatic nitrogens is 2. The SMILES string of the molecule is O=C(Nc1n[nH]c2c1C=CC(c1ccccc1)(c1ccsc1)C2)C1CC1. The lowest BCUT2D eigenvalue weighted by molar-refractivity contribution is -0.117. The monoisotopic (exact) mass is 361 g/mol. The summed E-state index contributed by atoms with van der Waals surface area (Å²) < 4.78 is 0. The minimum absolute atomic E-state index is 0.0884. The zero-order chi connectivity index (χ0) is 17.6. The molecule has 1 atom stereocenters. The molecule has 2 aromatic heterocycles. The first-order valence-electron chi connectivity index (χ1n) is 8.92. The first-order chi connectivity index (χ1) is 12.8. The lowest BCUT2D eigenvalue weighted by Crippen LogP contribution is -2.30. The van der Waals surface area contributed by atoms with Crippen molar-refractivity contribution in [3.63, 3.8) is 0 Å². The van der Waals surface area contributed by atoms with Crippen LogP contribution in [0.4, 0.5) is 5.82 Å². The summed E-state index contributed by atoms with van der Waals surface area (Å²) in [5.74, 6) is 0.912. The fraction of sp³-hybridized carbons (Fsp3) is 0.238. The van der Waals surface area contributed by atoms with E-state index < -0.39 is 0 Å². The van der Waals surface area contributed by atoms with Gasteiger partial charge in [-0.1, -0.05) is 42.5 Å². The van der Waals surface area contributed by atoms with Crippen LogP contribution in [0.1, 0.15) is 35.2 Å². The number of amides is 1. The van der Waals surface area contributed by atoms with Crippen LogP contribution < -0.4 is 5.32 Å². The highest BCUT2D eigenvalue weighted by Gasteiger charge is 2.37. The number of rotatable bonds is 4. The number of allylic oxidation sites excluding steroid dienone is 1. The third kappa shape index (κ3) is 2.51. The second-order valence-electron chi connectivity index (χ2n) is 7.09. The number of hydrogen-bond donors (Lipinski definition) is 2. The fourth-order valence-corrected chi connectivity index (χ4v) is 4.48. The molecule has 26 heavy (non-hydrogen) atoms. The van der Waals surface area contributed by atoms with Crippen LogP contribution in [0.3, 0.4) is 0 Å². The van der Waals surface area contributed by atoms with Crippen molar-refractivity contribution in [1.29, 1.82) is 0 Å². The van der Waals surface area contributed by atoms with Crippen LogP contribution in [0.25, 0.3) is 6.08 Å². The van der Waals surface area contributed by atoms with E-state index in [0.717, 1.165) is 30.5 Å². The van der Waals surface area contributed by atoms with E-state index in [2.05, 4.69) is 68.8 Å². The molecule has 0 bridgehead atoms. The van der Waals surface area contributed by atoms with E-state index in [4.69, 9.17) is 0 Å². The summed E-state index contributed by atoms with van der Waals surface area (Å²) in [6.45, 7) is 0. The second-order valence-corrected chi connectivity index (χ2v) is 7.87. The van der Waals surface area contributed by atoms with Crippen LogP contribution in [0, 0.1) is 5.92 Å². The van der Waals surface area contributed by atoms with Crippen molar-refractivity contribution in [3.8, 4) is 0 Å². The summed E-state index contributed by atoms with van der Waals surface area (Å²) in [5.41, 5.74) is 4.40. The average molecular weight is 361 g/mol. The first-order valence-corrected chi connectivity index (χ1v) is 9.86. The predicted octanol–water partition coefficient (Wildman–Crippen LogP) is 4.38. The van der Waals surface area contributed by atoms with E-state index >= 15 is 0 Å². The average Bonchev–Trinajstić information content (AvgIpc) is 3.24. The Kier molecular flexibility index (Phi) is 3.57. The lowest BCUT2D eigenvalue weighted by Gasteiger charge is -2.33. The van der Waals surface area contributed by atoms with Gasteiger partial charge in [-0.2, -0.15) is 16.4 Å². The summed E-state index contributed by atoms with van der Waals surface area (Å²) in [7, 11) is 0. The molecule has 2 aliphatic carbocycles. The molecule has 4 nitrogen and oxygen atoms in total. The van der Waals surface area contributed by atoms with Gasteiger partial charge in [0.25, 0.3) is 0 Å². The second kappa shape index (κ2) is 5.95. The van der Waals surface area contributed by atoms with Gasteiger partial charge in [0, 0.05) is 29.0 Å². The third-order valence-electron chi connectivity index (χ3n) is 5.39. The molecule has 0 saturated heterocycles. The number of carbonyl (C=O) groups is 1. The van der Waals surface area contributed by atoms with Crippen LogP contribution in [0.2, 0.25) is 0 Å². The molecule has 1 fully saturated rings. The van der Waals surface area contributed by atoms with E-state index in [-0.39, 0.29) is 17.2 Å². The molecule has 2 aliphatic rings. The molecule has 1 amide bonds. The van der Waals surface area contributed by atoms with Crippen molar-refractivity contribution in [2.24, 2.45) is 5.92 Å². The van der Waals surface area contributed by atoms with E-state index in [1.165, 1.54) is 11.1 Å². The number of hydrogen-bond acceptors (Lipinski definition) is 3.